The lowest BCUT2D eigenvalue weighted by atomic mass is 9.74. The molecule has 60 heavy (non-hydrogen) atoms. The van der Waals surface area contributed by atoms with E-state index < -0.39 is 0 Å². The summed E-state index contributed by atoms with van der Waals surface area (Å²) in [4.78, 5) is 2.56. The summed E-state index contributed by atoms with van der Waals surface area (Å²) in [5, 5.41) is 0. The van der Waals surface area contributed by atoms with Crippen molar-refractivity contribution >= 4 is 17.1 Å². The first-order valence-electron chi connectivity index (χ1n) is 21.9. The van der Waals surface area contributed by atoms with E-state index in [1.807, 2.05) is 0 Å². The fourth-order valence-electron chi connectivity index (χ4n) is 11.7. The second kappa shape index (κ2) is 13.3. The summed E-state index contributed by atoms with van der Waals surface area (Å²) in [6.07, 6.45) is 2.10. The lowest BCUT2D eigenvalue weighted by Crippen LogP contribution is -2.23. The van der Waals surface area contributed by atoms with Gasteiger partial charge in [-0.05, 0) is 121 Å². The predicted octanol–water partition coefficient (Wildman–Crippen LogP) is 16.2. The lowest BCUT2D eigenvalue weighted by Gasteiger charge is -2.32. The minimum absolute atomic E-state index is 0.0342. The Balaban J connectivity index is 1.12. The molecule has 0 N–H and O–H groups in total. The van der Waals surface area contributed by atoms with Crippen LogP contribution >= 0.6 is 0 Å². The molecule has 0 unspecified atom stereocenters. The van der Waals surface area contributed by atoms with Crippen LogP contribution in [0.15, 0.2) is 176 Å². The number of benzene rings is 8. The quantitative estimate of drug-likeness (QED) is 0.156. The third-order valence-corrected chi connectivity index (χ3v) is 14.8. The van der Waals surface area contributed by atoms with Crippen LogP contribution in [0.25, 0.3) is 55.6 Å². The molecular formula is C59H51N. The number of rotatable bonds is 7. The smallest absolute Gasteiger partial charge is 0.0543 e. The van der Waals surface area contributed by atoms with E-state index in [0.29, 0.717) is 0 Å². The van der Waals surface area contributed by atoms with Crippen LogP contribution in [-0.4, -0.2) is 0 Å². The molecular weight excluding hydrogens is 723 g/mol. The minimum Gasteiger partial charge on any atom is -0.309 e. The van der Waals surface area contributed by atoms with Crippen LogP contribution in [0.4, 0.5) is 17.1 Å². The summed E-state index contributed by atoms with van der Waals surface area (Å²) in [6.45, 7) is 14.2. The molecule has 11 rings (SSSR count). The van der Waals surface area contributed by atoms with Crippen molar-refractivity contribution in [2.75, 3.05) is 4.90 Å². The second-order valence-electron chi connectivity index (χ2n) is 18.3. The van der Waals surface area contributed by atoms with Gasteiger partial charge in [-0.2, -0.15) is 0 Å². The molecule has 0 aliphatic heterocycles. The van der Waals surface area contributed by atoms with E-state index in [1.165, 1.54) is 100 Å². The van der Waals surface area contributed by atoms with Crippen LogP contribution in [0, 0.1) is 0 Å². The molecule has 1 nitrogen and oxygen atoms in total. The molecule has 0 amide bonds. The third kappa shape index (κ3) is 4.99. The Hall–Kier alpha value is -6.44. The van der Waals surface area contributed by atoms with Crippen molar-refractivity contribution in [1.82, 2.24) is 0 Å². The molecule has 0 radical (unpaired) electrons. The molecule has 8 aromatic carbocycles. The Labute approximate surface area is 356 Å². The van der Waals surface area contributed by atoms with Gasteiger partial charge in [-0.15, -0.1) is 0 Å². The first kappa shape index (κ1) is 36.6. The molecule has 3 aliphatic carbocycles. The van der Waals surface area contributed by atoms with Gasteiger partial charge in [0, 0.05) is 33.1 Å². The van der Waals surface area contributed by atoms with E-state index >= 15 is 0 Å². The summed E-state index contributed by atoms with van der Waals surface area (Å²) in [5.74, 6) is 0. The maximum Gasteiger partial charge on any atom is 0.0543 e. The van der Waals surface area contributed by atoms with Gasteiger partial charge in [-0.25, -0.2) is 0 Å². The standard InChI is InChI=1S/C59H51N/c1-7-59(8-2)49-26-15-11-22-46(49)56-51(59)28-18-30-54(56)60(40-34-31-38(32-35-40)39-33-36-42-41-19-9-13-24-47(41)58(5,6)52(42)37-39)53-29-16-12-20-43(53)44-23-17-27-50-55(44)45-21-10-14-25-48(45)57(50,3)4/h9-37H,7-8H2,1-6H3. The summed E-state index contributed by atoms with van der Waals surface area (Å²) < 4.78 is 0. The van der Waals surface area contributed by atoms with Crippen molar-refractivity contribution < 1.29 is 0 Å². The average Bonchev–Trinajstić information content (AvgIpc) is 3.81. The lowest BCUT2D eigenvalue weighted by molar-refractivity contribution is 0.490. The molecule has 0 heterocycles. The SMILES string of the molecule is CCC1(CC)c2ccccc2-c2c(N(c3ccc(-c4ccc5c(c4)C(C)(C)c4ccccc4-5)cc3)c3ccccc3-c3cccc4c3-c3ccccc3C4(C)C)cccc21. The van der Waals surface area contributed by atoms with Crippen LogP contribution in [0.1, 0.15) is 87.8 Å². The maximum atomic E-state index is 2.56. The highest BCUT2D eigenvalue weighted by Gasteiger charge is 2.43. The first-order chi connectivity index (χ1) is 29.2. The summed E-state index contributed by atoms with van der Waals surface area (Å²) in [5.41, 5.74) is 24.9. The van der Waals surface area contributed by atoms with Crippen molar-refractivity contribution in [2.24, 2.45) is 0 Å². The van der Waals surface area contributed by atoms with Gasteiger partial charge in [0.15, 0.2) is 0 Å². The Kier molecular flexibility index (Phi) is 8.11. The number of fused-ring (bicyclic) bond motifs is 9. The highest BCUT2D eigenvalue weighted by atomic mass is 15.1. The molecule has 0 aromatic heterocycles. The minimum atomic E-state index is -0.0877. The summed E-state index contributed by atoms with van der Waals surface area (Å²) >= 11 is 0. The number of para-hydroxylation sites is 1. The fraction of sp³-hybridized carbons (Fsp3) is 0.186. The van der Waals surface area contributed by atoms with E-state index in [2.05, 4.69) is 222 Å². The normalized spacial score (nSPS) is 15.4. The Morgan fingerprint density at radius 1 is 0.350 bits per heavy atom. The van der Waals surface area contributed by atoms with Gasteiger partial charge < -0.3 is 4.90 Å². The van der Waals surface area contributed by atoms with Gasteiger partial charge >= 0.3 is 0 Å². The fourth-order valence-corrected chi connectivity index (χ4v) is 11.7. The molecule has 0 saturated heterocycles. The molecule has 0 bridgehead atoms. The van der Waals surface area contributed by atoms with Crippen LogP contribution < -0.4 is 4.90 Å². The zero-order valence-corrected chi connectivity index (χ0v) is 35.6. The van der Waals surface area contributed by atoms with Crippen LogP contribution in [0.2, 0.25) is 0 Å². The molecule has 0 saturated carbocycles. The Morgan fingerprint density at radius 3 is 1.55 bits per heavy atom. The first-order valence-corrected chi connectivity index (χ1v) is 21.9. The molecule has 0 fully saturated rings. The number of hydrogen-bond acceptors (Lipinski definition) is 1. The molecule has 1 heteroatoms. The highest BCUT2D eigenvalue weighted by Crippen LogP contribution is 2.59. The van der Waals surface area contributed by atoms with E-state index in [9.17, 15) is 0 Å². The van der Waals surface area contributed by atoms with E-state index in [-0.39, 0.29) is 16.2 Å². The average molecular weight is 774 g/mol. The predicted molar refractivity (Wildman–Crippen MR) is 254 cm³/mol. The zero-order valence-electron chi connectivity index (χ0n) is 35.6. The number of nitrogens with zero attached hydrogens (tertiary/aromatic N) is 1. The Bertz CT molecular complexity index is 3010. The monoisotopic (exact) mass is 773 g/mol. The van der Waals surface area contributed by atoms with Crippen LogP contribution in [0.5, 0.6) is 0 Å². The molecule has 0 spiro atoms. The van der Waals surface area contributed by atoms with Crippen molar-refractivity contribution in [1.29, 1.82) is 0 Å². The van der Waals surface area contributed by atoms with E-state index in [0.717, 1.165) is 18.5 Å². The van der Waals surface area contributed by atoms with Gasteiger partial charge in [0.25, 0.3) is 0 Å². The van der Waals surface area contributed by atoms with E-state index in [4.69, 9.17) is 0 Å². The van der Waals surface area contributed by atoms with Crippen LogP contribution in [-0.2, 0) is 16.2 Å². The van der Waals surface area contributed by atoms with Crippen molar-refractivity contribution in [3.63, 3.8) is 0 Å². The van der Waals surface area contributed by atoms with Crippen molar-refractivity contribution in [3.8, 4) is 55.6 Å². The van der Waals surface area contributed by atoms with Gasteiger partial charge in [0.05, 0.1) is 11.4 Å². The molecule has 0 atom stereocenters. The highest BCUT2D eigenvalue weighted by molar-refractivity contribution is 6.01. The maximum absolute atomic E-state index is 2.56. The number of anilines is 3. The second-order valence-corrected chi connectivity index (χ2v) is 18.3. The molecule has 292 valence electrons. The van der Waals surface area contributed by atoms with Gasteiger partial charge in [0.1, 0.15) is 0 Å². The molecule has 8 aromatic rings. The van der Waals surface area contributed by atoms with Gasteiger partial charge in [0.2, 0.25) is 0 Å². The number of hydrogen-bond donors (Lipinski definition) is 0. The third-order valence-electron chi connectivity index (χ3n) is 14.8. The zero-order chi connectivity index (χ0) is 41.0. The largest absolute Gasteiger partial charge is 0.309 e. The van der Waals surface area contributed by atoms with E-state index in [1.54, 1.807) is 0 Å². The summed E-state index contributed by atoms with van der Waals surface area (Å²) in [7, 11) is 0. The van der Waals surface area contributed by atoms with Crippen LogP contribution in [0.3, 0.4) is 0 Å². The van der Waals surface area contributed by atoms with Crippen molar-refractivity contribution in [2.45, 2.75) is 70.6 Å². The summed E-state index contributed by atoms with van der Waals surface area (Å²) in [6, 6.07) is 66.6. The van der Waals surface area contributed by atoms with Gasteiger partial charge in [-0.3, -0.25) is 0 Å². The topological polar surface area (TPSA) is 3.24 Å². The van der Waals surface area contributed by atoms with Crippen molar-refractivity contribution in [3.05, 3.63) is 209 Å². The van der Waals surface area contributed by atoms with Gasteiger partial charge in [-0.1, -0.05) is 187 Å². The molecule has 3 aliphatic rings. The Morgan fingerprint density at radius 2 is 0.833 bits per heavy atom.